The normalized spacial score (nSPS) is 24.4. The minimum absolute atomic E-state index is 0.0505. The van der Waals surface area contributed by atoms with Crippen LogP contribution in [0.1, 0.15) is 57.5 Å². The van der Waals surface area contributed by atoms with Crippen LogP contribution in [0, 0.1) is 5.92 Å². The topological polar surface area (TPSA) is 87.7 Å². The number of carbonyl (C=O) groups is 2. The van der Waals surface area contributed by atoms with Crippen molar-refractivity contribution in [2.45, 2.75) is 37.8 Å². The monoisotopic (exact) mass is 394 g/mol. The van der Waals surface area contributed by atoms with E-state index in [0.717, 1.165) is 17.5 Å². The van der Waals surface area contributed by atoms with E-state index in [1.54, 1.807) is 13.1 Å². The average molecular weight is 394 g/mol. The fourth-order valence-electron chi connectivity index (χ4n) is 4.23. The van der Waals surface area contributed by atoms with E-state index in [0.29, 0.717) is 29.2 Å². The Labute approximate surface area is 170 Å². The molecule has 4 rings (SSSR count). The second-order valence-corrected chi connectivity index (χ2v) is 7.82. The van der Waals surface area contributed by atoms with E-state index in [1.165, 1.54) is 0 Å². The largest absolute Gasteiger partial charge is 0.489 e. The van der Waals surface area contributed by atoms with Gasteiger partial charge in [-0.2, -0.15) is 0 Å². The van der Waals surface area contributed by atoms with Gasteiger partial charge < -0.3 is 20.5 Å². The predicted molar refractivity (Wildman–Crippen MR) is 109 cm³/mol. The molecule has 0 spiro atoms. The van der Waals surface area contributed by atoms with Crippen LogP contribution >= 0.6 is 0 Å². The van der Waals surface area contributed by atoms with Crippen molar-refractivity contribution in [3.63, 3.8) is 0 Å². The van der Waals surface area contributed by atoms with Crippen molar-refractivity contribution < 1.29 is 19.4 Å². The standard InChI is InChI=1S/C23H26N2O4/c1-13-20(14-6-4-3-5-7-14)17-10-16(11-18(21(17)29-13)23(28)24-2)22(27)25-19-12-15(19)8-9-26/h3-7,10-11,13,15,19-20,26H,8-9,12H2,1-2H3,(H,24,28)(H,25,27)/t13-,15?,19?,20+/m1/s1. The number of rotatable bonds is 6. The van der Waals surface area contributed by atoms with Gasteiger partial charge in [-0.05, 0) is 43.4 Å². The van der Waals surface area contributed by atoms with Crippen LogP contribution in [-0.2, 0) is 0 Å². The highest BCUT2D eigenvalue weighted by Gasteiger charge is 2.39. The number of amides is 2. The molecule has 2 aromatic carbocycles. The van der Waals surface area contributed by atoms with Gasteiger partial charge in [0.1, 0.15) is 11.9 Å². The third-order valence-corrected chi connectivity index (χ3v) is 5.86. The van der Waals surface area contributed by atoms with Gasteiger partial charge in [-0.1, -0.05) is 30.3 Å². The Kier molecular flexibility index (Phi) is 5.28. The zero-order valence-electron chi connectivity index (χ0n) is 16.6. The van der Waals surface area contributed by atoms with Gasteiger partial charge in [0.15, 0.2) is 0 Å². The molecule has 29 heavy (non-hydrogen) atoms. The van der Waals surface area contributed by atoms with Crippen molar-refractivity contribution in [2.75, 3.05) is 13.7 Å². The Bertz CT molecular complexity index is 928. The van der Waals surface area contributed by atoms with E-state index in [9.17, 15) is 9.59 Å². The fourth-order valence-corrected chi connectivity index (χ4v) is 4.23. The summed E-state index contributed by atoms with van der Waals surface area (Å²) in [6.07, 6.45) is 1.43. The first-order chi connectivity index (χ1) is 14.0. The van der Waals surface area contributed by atoms with Crippen LogP contribution in [0.3, 0.4) is 0 Å². The highest BCUT2D eigenvalue weighted by molar-refractivity contribution is 6.02. The minimum Gasteiger partial charge on any atom is -0.489 e. The zero-order valence-corrected chi connectivity index (χ0v) is 16.6. The smallest absolute Gasteiger partial charge is 0.254 e. The second kappa shape index (κ2) is 7.87. The van der Waals surface area contributed by atoms with Crippen LogP contribution in [0.5, 0.6) is 5.75 Å². The first-order valence-corrected chi connectivity index (χ1v) is 10.1. The van der Waals surface area contributed by atoms with E-state index in [-0.39, 0.29) is 36.5 Å². The average Bonchev–Trinajstić information content (AvgIpc) is 3.36. The van der Waals surface area contributed by atoms with Crippen molar-refractivity contribution >= 4 is 11.8 Å². The molecular formula is C23H26N2O4. The van der Waals surface area contributed by atoms with Crippen molar-refractivity contribution in [1.82, 2.24) is 10.6 Å². The Hall–Kier alpha value is -2.86. The summed E-state index contributed by atoms with van der Waals surface area (Å²) in [5, 5.41) is 14.7. The molecule has 1 fully saturated rings. The van der Waals surface area contributed by atoms with Crippen molar-refractivity contribution in [3.05, 3.63) is 64.7 Å². The zero-order chi connectivity index (χ0) is 20.5. The number of fused-ring (bicyclic) bond motifs is 1. The Morgan fingerprint density at radius 2 is 1.93 bits per heavy atom. The number of benzene rings is 2. The van der Waals surface area contributed by atoms with E-state index < -0.39 is 0 Å². The van der Waals surface area contributed by atoms with Gasteiger partial charge >= 0.3 is 0 Å². The molecule has 0 radical (unpaired) electrons. The molecule has 4 atom stereocenters. The SMILES string of the molecule is CNC(=O)c1cc(C(=O)NC2CC2CCO)cc2c1O[C@H](C)[C@H]2c1ccccc1. The molecular weight excluding hydrogens is 368 g/mol. The van der Waals surface area contributed by atoms with E-state index in [2.05, 4.69) is 10.6 Å². The van der Waals surface area contributed by atoms with Gasteiger partial charge in [0, 0.05) is 36.7 Å². The molecule has 2 unspecified atom stereocenters. The molecule has 6 nitrogen and oxygen atoms in total. The quantitative estimate of drug-likeness (QED) is 0.702. The van der Waals surface area contributed by atoms with Crippen molar-refractivity contribution in [2.24, 2.45) is 5.92 Å². The van der Waals surface area contributed by atoms with Gasteiger partial charge in [0.25, 0.3) is 11.8 Å². The van der Waals surface area contributed by atoms with Crippen LogP contribution in [0.2, 0.25) is 0 Å². The minimum atomic E-state index is -0.276. The Balaban J connectivity index is 1.70. The lowest BCUT2D eigenvalue weighted by molar-refractivity contribution is 0.0948. The molecule has 3 N–H and O–H groups in total. The molecule has 2 amide bonds. The molecule has 1 heterocycles. The summed E-state index contributed by atoms with van der Waals surface area (Å²) in [6, 6.07) is 13.5. The number of aliphatic hydroxyl groups is 1. The maximum Gasteiger partial charge on any atom is 0.254 e. The maximum atomic E-state index is 12.9. The number of aliphatic hydroxyl groups excluding tert-OH is 1. The predicted octanol–water partition coefficient (Wildman–Crippen LogP) is 2.46. The molecule has 152 valence electrons. The fraction of sp³-hybridized carbons (Fsp3) is 0.391. The molecule has 6 heteroatoms. The lowest BCUT2D eigenvalue weighted by Crippen LogP contribution is -2.28. The molecule has 0 aromatic heterocycles. The molecule has 1 aliphatic carbocycles. The molecule has 1 aliphatic heterocycles. The van der Waals surface area contributed by atoms with E-state index in [1.807, 2.05) is 43.3 Å². The van der Waals surface area contributed by atoms with E-state index in [4.69, 9.17) is 9.84 Å². The lowest BCUT2D eigenvalue weighted by Gasteiger charge is -2.15. The Morgan fingerprint density at radius 1 is 1.17 bits per heavy atom. The summed E-state index contributed by atoms with van der Waals surface area (Å²) in [4.78, 5) is 25.4. The highest BCUT2D eigenvalue weighted by Crippen LogP contribution is 2.45. The van der Waals surface area contributed by atoms with E-state index >= 15 is 0 Å². The van der Waals surface area contributed by atoms with Gasteiger partial charge in [0.2, 0.25) is 0 Å². The van der Waals surface area contributed by atoms with Crippen molar-refractivity contribution in [1.29, 1.82) is 0 Å². The number of carbonyl (C=O) groups excluding carboxylic acids is 2. The number of hydrogen-bond donors (Lipinski definition) is 3. The maximum absolute atomic E-state index is 12.9. The summed E-state index contributed by atoms with van der Waals surface area (Å²) in [7, 11) is 1.57. The second-order valence-electron chi connectivity index (χ2n) is 7.82. The Morgan fingerprint density at radius 3 is 2.62 bits per heavy atom. The summed E-state index contributed by atoms with van der Waals surface area (Å²) < 4.78 is 6.08. The highest BCUT2D eigenvalue weighted by atomic mass is 16.5. The van der Waals surface area contributed by atoms with Crippen LogP contribution in [0.4, 0.5) is 0 Å². The molecule has 2 aromatic rings. The number of hydrogen-bond acceptors (Lipinski definition) is 4. The van der Waals surface area contributed by atoms with Gasteiger partial charge in [0.05, 0.1) is 5.56 Å². The lowest BCUT2D eigenvalue weighted by atomic mass is 9.87. The van der Waals surface area contributed by atoms with Crippen molar-refractivity contribution in [3.8, 4) is 5.75 Å². The summed E-state index contributed by atoms with van der Waals surface area (Å²) in [5.74, 6) is 0.352. The first kappa shape index (κ1) is 19.5. The molecule has 2 aliphatic rings. The molecule has 0 saturated heterocycles. The third-order valence-electron chi connectivity index (χ3n) is 5.86. The molecule has 1 saturated carbocycles. The summed E-state index contributed by atoms with van der Waals surface area (Å²) in [5.41, 5.74) is 2.78. The van der Waals surface area contributed by atoms with Crippen LogP contribution in [-0.4, -0.2) is 42.7 Å². The summed E-state index contributed by atoms with van der Waals surface area (Å²) in [6.45, 7) is 2.11. The van der Waals surface area contributed by atoms with Crippen LogP contribution in [0.15, 0.2) is 42.5 Å². The summed E-state index contributed by atoms with van der Waals surface area (Å²) >= 11 is 0. The van der Waals surface area contributed by atoms with Crippen LogP contribution in [0.25, 0.3) is 0 Å². The molecule has 0 bridgehead atoms. The first-order valence-electron chi connectivity index (χ1n) is 10.1. The number of ether oxygens (including phenoxy) is 1. The van der Waals surface area contributed by atoms with Gasteiger partial charge in [-0.25, -0.2) is 0 Å². The number of nitrogens with one attached hydrogen (secondary N) is 2. The van der Waals surface area contributed by atoms with Gasteiger partial charge in [-0.3, -0.25) is 9.59 Å². The van der Waals surface area contributed by atoms with Crippen LogP contribution < -0.4 is 15.4 Å². The third kappa shape index (κ3) is 3.72. The van der Waals surface area contributed by atoms with Gasteiger partial charge in [-0.15, -0.1) is 0 Å².